The highest BCUT2D eigenvalue weighted by molar-refractivity contribution is 9.08. The van der Waals surface area contributed by atoms with E-state index in [1.165, 1.54) is 22.4 Å². The van der Waals surface area contributed by atoms with Gasteiger partial charge in [0.05, 0.1) is 0 Å². The molecule has 98 valence electrons. The monoisotopic (exact) mass is 316 g/mol. The maximum Gasteiger partial charge on any atom is 0.132 e. The predicted octanol–water partition coefficient (Wildman–Crippen LogP) is 3.82. The van der Waals surface area contributed by atoms with Gasteiger partial charge in [0.25, 0.3) is 0 Å². The van der Waals surface area contributed by atoms with E-state index in [2.05, 4.69) is 52.1 Å². The van der Waals surface area contributed by atoms with Crippen LogP contribution in [0.15, 0.2) is 30.5 Å². The molecule has 0 aliphatic heterocycles. The zero-order valence-electron chi connectivity index (χ0n) is 11.1. The average molecular weight is 317 g/mol. The summed E-state index contributed by atoms with van der Waals surface area (Å²) in [6.45, 7) is 2.15. The van der Waals surface area contributed by atoms with Gasteiger partial charge in [-0.2, -0.15) is 0 Å². The highest BCUT2D eigenvalue weighted by atomic mass is 79.9. The molecule has 2 nitrogen and oxygen atoms in total. The summed E-state index contributed by atoms with van der Waals surface area (Å²) < 4.78 is 0. The van der Waals surface area contributed by atoms with Crippen molar-refractivity contribution in [1.82, 2.24) is 9.97 Å². The first kappa shape index (κ1) is 12.8. The molecule has 3 rings (SSSR count). The highest BCUT2D eigenvalue weighted by Gasteiger charge is 2.25. The van der Waals surface area contributed by atoms with Crippen molar-refractivity contribution in [1.29, 1.82) is 0 Å². The third kappa shape index (κ3) is 2.44. The number of benzene rings is 1. The third-order valence-electron chi connectivity index (χ3n) is 3.87. The molecule has 1 heterocycles. The van der Waals surface area contributed by atoms with Crippen LogP contribution in [0.2, 0.25) is 0 Å². The van der Waals surface area contributed by atoms with Crippen LogP contribution in [0.5, 0.6) is 0 Å². The summed E-state index contributed by atoms with van der Waals surface area (Å²) in [7, 11) is 0. The molecule has 1 aliphatic carbocycles. The van der Waals surface area contributed by atoms with Crippen LogP contribution in [0.3, 0.4) is 0 Å². The molecule has 2 aromatic rings. The molecule has 19 heavy (non-hydrogen) atoms. The van der Waals surface area contributed by atoms with Gasteiger partial charge < -0.3 is 0 Å². The summed E-state index contributed by atoms with van der Waals surface area (Å²) >= 11 is 3.50. The standard InChI is InChI=1S/C16H17BrN2/c1-2-15-14(9-17)10-18-16(19-15)13-7-11-5-3-4-6-12(11)8-13/h3-6,10,13H,2,7-9H2,1H3. The molecule has 0 spiro atoms. The lowest BCUT2D eigenvalue weighted by Crippen LogP contribution is -2.08. The van der Waals surface area contributed by atoms with Crippen LogP contribution in [-0.2, 0) is 24.6 Å². The maximum atomic E-state index is 4.79. The molecule has 0 saturated heterocycles. The van der Waals surface area contributed by atoms with Gasteiger partial charge in [-0.1, -0.05) is 47.1 Å². The quantitative estimate of drug-likeness (QED) is 0.804. The minimum absolute atomic E-state index is 0.451. The summed E-state index contributed by atoms with van der Waals surface area (Å²) in [5.41, 5.74) is 5.30. The van der Waals surface area contributed by atoms with Crippen molar-refractivity contribution >= 4 is 15.9 Å². The number of fused-ring (bicyclic) bond motifs is 1. The number of aryl methyl sites for hydroxylation is 1. The van der Waals surface area contributed by atoms with E-state index in [0.717, 1.165) is 30.4 Å². The molecule has 0 atom stereocenters. The van der Waals surface area contributed by atoms with Crippen molar-refractivity contribution in [2.45, 2.75) is 37.4 Å². The molecule has 1 aromatic heterocycles. The first-order valence-corrected chi connectivity index (χ1v) is 7.91. The van der Waals surface area contributed by atoms with Gasteiger partial charge in [-0.3, -0.25) is 0 Å². The number of alkyl halides is 1. The molecule has 0 fully saturated rings. The third-order valence-corrected chi connectivity index (χ3v) is 4.47. The number of nitrogens with zero attached hydrogens (tertiary/aromatic N) is 2. The van der Waals surface area contributed by atoms with Gasteiger partial charge in [0, 0.05) is 28.7 Å². The van der Waals surface area contributed by atoms with Gasteiger partial charge in [0.1, 0.15) is 5.82 Å². The second-order valence-corrected chi connectivity index (χ2v) is 5.62. The van der Waals surface area contributed by atoms with Crippen LogP contribution in [0.4, 0.5) is 0 Å². The van der Waals surface area contributed by atoms with Crippen LogP contribution >= 0.6 is 15.9 Å². The lowest BCUT2D eigenvalue weighted by molar-refractivity contribution is 0.672. The Kier molecular flexibility index (Phi) is 3.65. The van der Waals surface area contributed by atoms with Crippen LogP contribution in [0, 0.1) is 0 Å². The average Bonchev–Trinajstić information content (AvgIpc) is 2.90. The van der Waals surface area contributed by atoms with E-state index >= 15 is 0 Å². The predicted molar refractivity (Wildman–Crippen MR) is 80.6 cm³/mol. The molecule has 0 saturated carbocycles. The molecule has 0 N–H and O–H groups in total. The lowest BCUT2D eigenvalue weighted by atomic mass is 10.0. The first-order valence-electron chi connectivity index (χ1n) is 6.79. The Hall–Kier alpha value is -1.22. The zero-order chi connectivity index (χ0) is 13.2. The molecular weight excluding hydrogens is 300 g/mol. The fourth-order valence-electron chi connectivity index (χ4n) is 2.81. The van der Waals surface area contributed by atoms with Crippen LogP contribution in [0.1, 0.15) is 41.1 Å². The molecule has 1 aromatic carbocycles. The molecule has 3 heteroatoms. The number of halogens is 1. The Morgan fingerprint density at radius 3 is 2.47 bits per heavy atom. The smallest absolute Gasteiger partial charge is 0.132 e. The number of aromatic nitrogens is 2. The van der Waals surface area contributed by atoms with Crippen LogP contribution in [-0.4, -0.2) is 9.97 Å². The zero-order valence-corrected chi connectivity index (χ0v) is 12.7. The summed E-state index contributed by atoms with van der Waals surface area (Å²) in [5, 5.41) is 0.835. The van der Waals surface area contributed by atoms with Gasteiger partial charge in [-0.15, -0.1) is 0 Å². The van der Waals surface area contributed by atoms with Crippen molar-refractivity contribution in [3.8, 4) is 0 Å². The van der Waals surface area contributed by atoms with Crippen molar-refractivity contribution in [2.75, 3.05) is 0 Å². The van der Waals surface area contributed by atoms with E-state index in [-0.39, 0.29) is 0 Å². The van der Waals surface area contributed by atoms with E-state index in [1.807, 2.05) is 6.20 Å². The molecule has 0 bridgehead atoms. The summed E-state index contributed by atoms with van der Waals surface area (Å²) in [6, 6.07) is 8.69. The second-order valence-electron chi connectivity index (χ2n) is 5.06. The van der Waals surface area contributed by atoms with E-state index in [0.29, 0.717) is 5.92 Å². The van der Waals surface area contributed by atoms with Crippen LogP contribution in [0.25, 0.3) is 0 Å². The largest absolute Gasteiger partial charge is 0.241 e. The van der Waals surface area contributed by atoms with E-state index in [1.54, 1.807) is 0 Å². The molecule has 1 aliphatic rings. The highest BCUT2D eigenvalue weighted by Crippen LogP contribution is 2.32. The maximum absolute atomic E-state index is 4.79. The van der Waals surface area contributed by atoms with Crippen LogP contribution < -0.4 is 0 Å². The Morgan fingerprint density at radius 1 is 1.21 bits per heavy atom. The Bertz CT molecular complexity index is 570. The number of rotatable bonds is 3. The van der Waals surface area contributed by atoms with Gasteiger partial charge in [-0.05, 0) is 30.4 Å². The fourth-order valence-corrected chi connectivity index (χ4v) is 3.28. The van der Waals surface area contributed by atoms with Gasteiger partial charge in [-0.25, -0.2) is 9.97 Å². The SMILES string of the molecule is CCc1nc(C2Cc3ccccc3C2)ncc1CBr. The minimum Gasteiger partial charge on any atom is -0.241 e. The molecule has 0 amide bonds. The summed E-state index contributed by atoms with van der Waals surface area (Å²) in [5.74, 6) is 1.46. The molecule has 0 radical (unpaired) electrons. The van der Waals surface area contributed by atoms with E-state index in [9.17, 15) is 0 Å². The fraction of sp³-hybridized carbons (Fsp3) is 0.375. The number of hydrogen-bond acceptors (Lipinski definition) is 2. The summed E-state index contributed by atoms with van der Waals surface area (Å²) in [4.78, 5) is 9.37. The van der Waals surface area contributed by atoms with Gasteiger partial charge in [0.15, 0.2) is 0 Å². The second kappa shape index (κ2) is 5.41. The lowest BCUT2D eigenvalue weighted by Gasteiger charge is -2.11. The van der Waals surface area contributed by atoms with E-state index in [4.69, 9.17) is 4.98 Å². The van der Waals surface area contributed by atoms with Gasteiger partial charge >= 0.3 is 0 Å². The van der Waals surface area contributed by atoms with Gasteiger partial charge in [0.2, 0.25) is 0 Å². The number of hydrogen-bond donors (Lipinski definition) is 0. The van der Waals surface area contributed by atoms with Crippen molar-refractivity contribution in [3.05, 3.63) is 58.7 Å². The van der Waals surface area contributed by atoms with Crippen molar-refractivity contribution < 1.29 is 0 Å². The topological polar surface area (TPSA) is 25.8 Å². The van der Waals surface area contributed by atoms with Crippen molar-refractivity contribution in [2.24, 2.45) is 0 Å². The van der Waals surface area contributed by atoms with E-state index < -0.39 is 0 Å². The molecular formula is C16H17BrN2. The first-order chi connectivity index (χ1) is 9.31. The Labute approximate surface area is 122 Å². The Balaban J connectivity index is 1.89. The Morgan fingerprint density at radius 2 is 1.89 bits per heavy atom. The summed E-state index contributed by atoms with van der Waals surface area (Å²) in [6.07, 6.45) is 5.11. The van der Waals surface area contributed by atoms with Crippen molar-refractivity contribution in [3.63, 3.8) is 0 Å². The molecule has 0 unspecified atom stereocenters. The normalized spacial score (nSPS) is 14.6. The minimum atomic E-state index is 0.451.